The molecule has 4 rings (SSSR count). The first-order chi connectivity index (χ1) is 19.1. The van der Waals surface area contributed by atoms with Gasteiger partial charge in [0.15, 0.2) is 5.11 Å². The molecule has 198 valence electrons. The van der Waals surface area contributed by atoms with Gasteiger partial charge in [0, 0.05) is 11.1 Å². The molecular formula is C30H27N3O5S. The summed E-state index contributed by atoms with van der Waals surface area (Å²) in [5, 5.41) is 2.47. The second-order valence-corrected chi connectivity index (χ2v) is 8.61. The van der Waals surface area contributed by atoms with Crippen LogP contribution in [0.1, 0.15) is 26.3 Å². The minimum atomic E-state index is -0.451. The number of ether oxygens (including phenoxy) is 3. The summed E-state index contributed by atoms with van der Waals surface area (Å²) in [5.41, 5.74) is 6.79. The van der Waals surface area contributed by atoms with E-state index in [1.165, 1.54) is 0 Å². The standard InChI is InChI=1S/C30H27N3O5S/c34-28(24-10-7-13-27(20-24)37-19-18-36-25-11-5-2-6-12-25)31-30(39)33-32-29(35)23-14-16-26(17-15-23)38-21-22-8-3-1-4-9-22/h1-17,20H,18-19,21H2,(H,32,35)(H2,31,33,34,39). The zero-order valence-electron chi connectivity index (χ0n) is 21.0. The quantitative estimate of drug-likeness (QED) is 0.152. The molecule has 0 saturated carbocycles. The van der Waals surface area contributed by atoms with Crippen LogP contribution in [0.15, 0.2) is 109 Å². The molecule has 0 radical (unpaired) electrons. The fourth-order valence-corrected chi connectivity index (χ4v) is 3.54. The minimum Gasteiger partial charge on any atom is -0.490 e. The van der Waals surface area contributed by atoms with E-state index in [4.69, 9.17) is 26.4 Å². The molecule has 9 heteroatoms. The van der Waals surface area contributed by atoms with Crippen molar-refractivity contribution >= 4 is 29.1 Å². The Morgan fingerprint density at radius 1 is 0.590 bits per heavy atom. The Morgan fingerprint density at radius 2 is 1.21 bits per heavy atom. The second-order valence-electron chi connectivity index (χ2n) is 8.20. The highest BCUT2D eigenvalue weighted by Gasteiger charge is 2.11. The fraction of sp³-hybridized carbons (Fsp3) is 0.100. The van der Waals surface area contributed by atoms with Crippen LogP contribution in [0.4, 0.5) is 0 Å². The number of benzene rings is 4. The number of rotatable bonds is 10. The lowest BCUT2D eigenvalue weighted by Gasteiger charge is -2.12. The normalized spacial score (nSPS) is 10.2. The number of hydrogen-bond donors (Lipinski definition) is 3. The molecular weight excluding hydrogens is 514 g/mol. The van der Waals surface area contributed by atoms with Crippen LogP contribution in [0.2, 0.25) is 0 Å². The third-order valence-corrected chi connectivity index (χ3v) is 5.55. The number of carbonyl (C=O) groups is 2. The van der Waals surface area contributed by atoms with Crippen LogP contribution >= 0.6 is 12.2 Å². The van der Waals surface area contributed by atoms with Crippen LogP contribution in [-0.2, 0) is 6.61 Å². The van der Waals surface area contributed by atoms with Crippen molar-refractivity contribution in [3.63, 3.8) is 0 Å². The maximum Gasteiger partial charge on any atom is 0.269 e. The molecule has 0 heterocycles. The van der Waals surface area contributed by atoms with Crippen LogP contribution in [0.5, 0.6) is 17.2 Å². The SMILES string of the molecule is O=C(NNC(=S)NC(=O)c1cccc(OCCOc2ccccc2)c1)c1ccc(OCc2ccccc2)cc1. The first kappa shape index (κ1) is 27.2. The monoisotopic (exact) mass is 541 g/mol. The van der Waals surface area contributed by atoms with Gasteiger partial charge in [0.1, 0.15) is 37.1 Å². The minimum absolute atomic E-state index is 0.0567. The van der Waals surface area contributed by atoms with Crippen LogP contribution in [0.3, 0.4) is 0 Å². The molecule has 0 fully saturated rings. The van der Waals surface area contributed by atoms with Gasteiger partial charge in [-0.05, 0) is 72.4 Å². The third-order valence-electron chi connectivity index (χ3n) is 5.34. The summed E-state index contributed by atoms with van der Waals surface area (Å²) in [6, 6.07) is 32.6. The third kappa shape index (κ3) is 8.87. The van der Waals surface area contributed by atoms with E-state index in [1.807, 2.05) is 60.7 Å². The number of nitrogens with one attached hydrogen (secondary N) is 3. The van der Waals surface area contributed by atoms with E-state index in [0.717, 1.165) is 11.3 Å². The summed E-state index contributed by atoms with van der Waals surface area (Å²) in [5.74, 6) is 1.04. The molecule has 0 aliphatic rings. The topological polar surface area (TPSA) is 97.9 Å². The van der Waals surface area contributed by atoms with Gasteiger partial charge in [0.2, 0.25) is 0 Å². The van der Waals surface area contributed by atoms with Crippen molar-refractivity contribution in [1.29, 1.82) is 0 Å². The molecule has 0 unspecified atom stereocenters. The smallest absolute Gasteiger partial charge is 0.269 e. The summed E-state index contributed by atoms with van der Waals surface area (Å²) in [7, 11) is 0. The Bertz CT molecular complexity index is 1380. The summed E-state index contributed by atoms with van der Waals surface area (Å²) < 4.78 is 17.0. The molecule has 8 nitrogen and oxygen atoms in total. The maximum atomic E-state index is 12.6. The average molecular weight is 542 g/mol. The van der Waals surface area contributed by atoms with E-state index in [-0.39, 0.29) is 5.11 Å². The van der Waals surface area contributed by atoms with Crippen molar-refractivity contribution < 1.29 is 23.8 Å². The van der Waals surface area contributed by atoms with Gasteiger partial charge < -0.3 is 14.2 Å². The van der Waals surface area contributed by atoms with Crippen LogP contribution in [0, 0.1) is 0 Å². The van der Waals surface area contributed by atoms with Crippen LogP contribution in [0.25, 0.3) is 0 Å². The number of hydrogen-bond acceptors (Lipinski definition) is 6. The zero-order chi connectivity index (χ0) is 27.3. The molecule has 0 aliphatic carbocycles. The van der Waals surface area contributed by atoms with E-state index in [0.29, 0.717) is 42.4 Å². The van der Waals surface area contributed by atoms with E-state index in [9.17, 15) is 9.59 Å². The van der Waals surface area contributed by atoms with Crippen molar-refractivity contribution in [3.8, 4) is 17.2 Å². The molecule has 4 aromatic carbocycles. The lowest BCUT2D eigenvalue weighted by molar-refractivity contribution is 0.0934. The van der Waals surface area contributed by atoms with Gasteiger partial charge in [-0.3, -0.25) is 25.8 Å². The van der Waals surface area contributed by atoms with Crippen molar-refractivity contribution in [1.82, 2.24) is 16.2 Å². The van der Waals surface area contributed by atoms with E-state index >= 15 is 0 Å². The predicted octanol–water partition coefficient (Wildman–Crippen LogP) is 4.67. The lowest BCUT2D eigenvalue weighted by atomic mass is 10.2. The van der Waals surface area contributed by atoms with Gasteiger partial charge in [0.05, 0.1) is 0 Å². The van der Waals surface area contributed by atoms with Crippen molar-refractivity contribution in [2.45, 2.75) is 6.61 Å². The molecule has 2 amide bonds. The Morgan fingerprint density at radius 3 is 1.92 bits per heavy atom. The number of para-hydroxylation sites is 1. The van der Waals surface area contributed by atoms with E-state index in [2.05, 4.69) is 16.2 Å². The first-order valence-electron chi connectivity index (χ1n) is 12.2. The lowest BCUT2D eigenvalue weighted by Crippen LogP contribution is -2.48. The van der Waals surface area contributed by atoms with Gasteiger partial charge in [0.25, 0.3) is 11.8 Å². The molecule has 0 bridgehead atoms. The largest absolute Gasteiger partial charge is 0.490 e. The second kappa shape index (κ2) is 14.2. The highest BCUT2D eigenvalue weighted by Crippen LogP contribution is 2.15. The van der Waals surface area contributed by atoms with E-state index < -0.39 is 11.8 Å². The summed E-state index contributed by atoms with van der Waals surface area (Å²) in [6.07, 6.45) is 0. The maximum absolute atomic E-state index is 12.6. The number of carbonyl (C=O) groups excluding carboxylic acids is 2. The average Bonchev–Trinajstić information content (AvgIpc) is 2.98. The number of amides is 2. The Hall–Kier alpha value is -4.89. The molecule has 0 aromatic heterocycles. The molecule has 3 N–H and O–H groups in total. The molecule has 0 aliphatic heterocycles. The molecule has 0 saturated heterocycles. The summed E-state index contributed by atoms with van der Waals surface area (Å²) in [6.45, 7) is 1.10. The van der Waals surface area contributed by atoms with Crippen molar-refractivity contribution in [2.24, 2.45) is 0 Å². The van der Waals surface area contributed by atoms with Crippen LogP contribution in [-0.4, -0.2) is 30.1 Å². The van der Waals surface area contributed by atoms with Crippen LogP contribution < -0.4 is 30.4 Å². The highest BCUT2D eigenvalue weighted by molar-refractivity contribution is 7.80. The molecule has 0 atom stereocenters. The summed E-state index contributed by atoms with van der Waals surface area (Å²) >= 11 is 5.14. The number of thiocarbonyl (C=S) groups is 1. The van der Waals surface area contributed by atoms with Gasteiger partial charge >= 0.3 is 0 Å². The Balaban J connectivity index is 1.18. The summed E-state index contributed by atoms with van der Waals surface area (Å²) in [4.78, 5) is 25.0. The first-order valence-corrected chi connectivity index (χ1v) is 12.6. The van der Waals surface area contributed by atoms with Crippen molar-refractivity contribution in [3.05, 3.63) is 126 Å². The van der Waals surface area contributed by atoms with Gasteiger partial charge in [-0.2, -0.15) is 0 Å². The fourth-order valence-electron chi connectivity index (χ4n) is 3.40. The number of hydrazine groups is 1. The Labute approximate surface area is 231 Å². The van der Waals surface area contributed by atoms with Gasteiger partial charge in [-0.25, -0.2) is 0 Å². The van der Waals surface area contributed by atoms with Gasteiger partial charge in [-0.15, -0.1) is 0 Å². The van der Waals surface area contributed by atoms with Gasteiger partial charge in [-0.1, -0.05) is 54.6 Å². The molecule has 39 heavy (non-hydrogen) atoms. The van der Waals surface area contributed by atoms with E-state index in [1.54, 1.807) is 48.5 Å². The molecule has 0 spiro atoms. The van der Waals surface area contributed by atoms with Crippen molar-refractivity contribution in [2.75, 3.05) is 13.2 Å². The zero-order valence-corrected chi connectivity index (χ0v) is 21.8. The Kier molecular flexibility index (Phi) is 9.85. The highest BCUT2D eigenvalue weighted by atomic mass is 32.1. The predicted molar refractivity (Wildman–Crippen MR) is 152 cm³/mol. The molecule has 4 aromatic rings.